The molecule has 0 atom stereocenters. The molecule has 0 amide bonds. The summed E-state index contributed by atoms with van der Waals surface area (Å²) < 4.78 is 2.25. The number of rotatable bonds is 3. The highest BCUT2D eigenvalue weighted by Crippen LogP contribution is 2.23. The number of halogens is 3. The maximum absolute atomic E-state index is 5.91. The van der Waals surface area contributed by atoms with Gasteiger partial charge in [-0.1, -0.05) is 45.7 Å². The fourth-order valence-corrected chi connectivity index (χ4v) is 2.86. The van der Waals surface area contributed by atoms with Crippen molar-refractivity contribution in [2.75, 3.05) is 5.32 Å². The van der Waals surface area contributed by atoms with Crippen LogP contribution in [-0.4, -0.2) is 0 Å². The number of para-hydroxylation sites is 1. The Morgan fingerprint density at radius 2 is 1.94 bits per heavy atom. The topological polar surface area (TPSA) is 12.0 Å². The molecule has 0 heterocycles. The van der Waals surface area contributed by atoms with Crippen LogP contribution in [0, 0.1) is 3.57 Å². The van der Waals surface area contributed by atoms with E-state index in [1.54, 1.807) is 0 Å². The highest BCUT2D eigenvalue weighted by Gasteiger charge is 2.02. The molecule has 2 aromatic rings. The van der Waals surface area contributed by atoms with Crippen molar-refractivity contribution >= 4 is 55.8 Å². The molecule has 0 unspecified atom stereocenters. The smallest absolute Gasteiger partial charge is 0.0478 e. The summed E-state index contributed by atoms with van der Waals surface area (Å²) in [5, 5.41) is 4.15. The maximum Gasteiger partial charge on any atom is 0.0478 e. The molecule has 2 rings (SSSR count). The van der Waals surface area contributed by atoms with Crippen LogP contribution in [-0.2, 0) is 6.54 Å². The van der Waals surface area contributed by atoms with Crippen LogP contribution in [0.5, 0.6) is 0 Å². The van der Waals surface area contributed by atoms with Crippen LogP contribution in [0.4, 0.5) is 5.69 Å². The van der Waals surface area contributed by atoms with Crippen LogP contribution in [0.2, 0.25) is 5.02 Å². The fraction of sp³-hybridized carbons (Fsp3) is 0.0769. The second-order valence-electron chi connectivity index (χ2n) is 3.57. The highest BCUT2D eigenvalue weighted by atomic mass is 127. The largest absolute Gasteiger partial charge is 0.380 e. The molecule has 0 saturated carbocycles. The summed E-state index contributed by atoms with van der Waals surface area (Å²) in [5.41, 5.74) is 2.34. The Morgan fingerprint density at radius 3 is 2.65 bits per heavy atom. The zero-order valence-corrected chi connectivity index (χ0v) is 13.4. The van der Waals surface area contributed by atoms with Gasteiger partial charge in [-0.2, -0.15) is 0 Å². The lowest BCUT2D eigenvalue weighted by atomic mass is 10.2. The van der Waals surface area contributed by atoms with Gasteiger partial charge in [0, 0.05) is 25.3 Å². The molecule has 0 aromatic heterocycles. The van der Waals surface area contributed by atoms with Crippen LogP contribution in [0.25, 0.3) is 0 Å². The molecule has 1 nitrogen and oxygen atoms in total. The van der Waals surface area contributed by atoms with E-state index in [1.165, 1.54) is 9.13 Å². The third kappa shape index (κ3) is 3.60. The number of anilines is 1. The van der Waals surface area contributed by atoms with Crippen LogP contribution in [0.15, 0.2) is 46.9 Å². The summed E-state index contributed by atoms with van der Waals surface area (Å²) in [6, 6.07) is 14.1. The molecule has 0 fully saturated rings. The van der Waals surface area contributed by atoms with Gasteiger partial charge in [0.05, 0.1) is 0 Å². The molecule has 1 N–H and O–H groups in total. The molecule has 0 aliphatic rings. The number of benzene rings is 2. The summed E-state index contributed by atoms with van der Waals surface area (Å²) in [5.74, 6) is 0. The van der Waals surface area contributed by atoms with Crippen LogP contribution in [0.1, 0.15) is 5.56 Å². The van der Waals surface area contributed by atoms with E-state index in [1.807, 2.05) is 30.3 Å². The molecular weight excluding hydrogens is 412 g/mol. The predicted molar refractivity (Wildman–Crippen MR) is 85.6 cm³/mol. The van der Waals surface area contributed by atoms with Gasteiger partial charge in [-0.25, -0.2) is 0 Å². The Bertz CT molecular complexity index is 531. The lowest BCUT2D eigenvalue weighted by Gasteiger charge is -2.10. The molecule has 0 saturated heterocycles. The van der Waals surface area contributed by atoms with Crippen molar-refractivity contribution < 1.29 is 0 Å². The Balaban J connectivity index is 2.10. The Kier molecular flexibility index (Phi) is 4.70. The van der Waals surface area contributed by atoms with Gasteiger partial charge in [-0.3, -0.25) is 0 Å². The van der Waals surface area contributed by atoms with E-state index in [9.17, 15) is 0 Å². The lowest BCUT2D eigenvalue weighted by molar-refractivity contribution is 1.13. The van der Waals surface area contributed by atoms with E-state index < -0.39 is 0 Å². The van der Waals surface area contributed by atoms with Crippen molar-refractivity contribution in [2.45, 2.75) is 6.54 Å². The van der Waals surface area contributed by atoms with Crippen molar-refractivity contribution in [3.05, 3.63) is 61.1 Å². The van der Waals surface area contributed by atoms with Crippen LogP contribution >= 0.6 is 50.1 Å². The van der Waals surface area contributed by atoms with Crippen molar-refractivity contribution in [2.24, 2.45) is 0 Å². The zero-order chi connectivity index (χ0) is 12.3. The van der Waals surface area contributed by atoms with E-state index in [-0.39, 0.29) is 0 Å². The van der Waals surface area contributed by atoms with E-state index >= 15 is 0 Å². The van der Waals surface area contributed by atoms with Crippen molar-refractivity contribution in [1.29, 1.82) is 0 Å². The van der Waals surface area contributed by atoms with Crippen molar-refractivity contribution in [1.82, 2.24) is 0 Å². The standard InChI is InChI=1S/C13H10BrClIN/c14-11-7-10(15)6-5-9(11)8-17-13-4-2-1-3-12(13)16/h1-7,17H,8H2. The lowest BCUT2D eigenvalue weighted by Crippen LogP contribution is -2.01. The Labute approximate surface area is 128 Å². The summed E-state index contributed by atoms with van der Waals surface area (Å²) in [7, 11) is 0. The van der Waals surface area contributed by atoms with E-state index in [2.05, 4.69) is 56.0 Å². The minimum Gasteiger partial charge on any atom is -0.380 e. The van der Waals surface area contributed by atoms with Gasteiger partial charge in [0.25, 0.3) is 0 Å². The predicted octanol–water partition coefficient (Wildman–Crippen LogP) is 5.32. The molecule has 88 valence electrons. The average Bonchev–Trinajstić information content (AvgIpc) is 2.30. The average molecular weight is 422 g/mol. The van der Waals surface area contributed by atoms with Crippen molar-refractivity contribution in [3.63, 3.8) is 0 Å². The molecule has 17 heavy (non-hydrogen) atoms. The van der Waals surface area contributed by atoms with Crippen molar-refractivity contribution in [3.8, 4) is 0 Å². The number of hydrogen-bond acceptors (Lipinski definition) is 1. The van der Waals surface area contributed by atoms with Crippen LogP contribution in [0.3, 0.4) is 0 Å². The zero-order valence-electron chi connectivity index (χ0n) is 8.88. The molecule has 0 radical (unpaired) electrons. The molecule has 0 aliphatic carbocycles. The van der Waals surface area contributed by atoms with E-state index in [0.717, 1.165) is 21.7 Å². The Morgan fingerprint density at radius 1 is 1.18 bits per heavy atom. The minimum atomic E-state index is 0.745. The van der Waals surface area contributed by atoms with Gasteiger partial charge in [0.1, 0.15) is 0 Å². The second kappa shape index (κ2) is 6.07. The summed E-state index contributed by atoms with van der Waals surface area (Å²) in [6.07, 6.45) is 0. The van der Waals surface area contributed by atoms with Gasteiger partial charge in [0.2, 0.25) is 0 Å². The quantitative estimate of drug-likeness (QED) is 0.661. The normalized spacial score (nSPS) is 10.3. The van der Waals surface area contributed by atoms with Gasteiger partial charge in [-0.05, 0) is 52.4 Å². The monoisotopic (exact) mass is 421 g/mol. The van der Waals surface area contributed by atoms with Gasteiger partial charge < -0.3 is 5.32 Å². The first-order valence-corrected chi connectivity index (χ1v) is 7.34. The molecule has 0 aliphatic heterocycles. The highest BCUT2D eigenvalue weighted by molar-refractivity contribution is 14.1. The third-order valence-corrected chi connectivity index (χ3v) is 4.27. The summed E-state index contributed by atoms with van der Waals surface area (Å²) in [6.45, 7) is 0.776. The number of hydrogen-bond donors (Lipinski definition) is 1. The minimum absolute atomic E-state index is 0.745. The number of nitrogens with one attached hydrogen (secondary N) is 1. The molecule has 2 aromatic carbocycles. The van der Waals surface area contributed by atoms with Crippen LogP contribution < -0.4 is 5.32 Å². The molecular formula is C13H10BrClIN. The van der Waals surface area contributed by atoms with Gasteiger partial charge in [0.15, 0.2) is 0 Å². The SMILES string of the molecule is Clc1ccc(CNc2ccccc2I)c(Br)c1. The summed E-state index contributed by atoms with van der Waals surface area (Å²) >= 11 is 11.7. The second-order valence-corrected chi connectivity index (χ2v) is 6.02. The molecule has 4 heteroatoms. The molecule has 0 bridgehead atoms. The first-order chi connectivity index (χ1) is 8.16. The Hall–Kier alpha value is -0.260. The van der Waals surface area contributed by atoms with E-state index in [4.69, 9.17) is 11.6 Å². The first-order valence-electron chi connectivity index (χ1n) is 5.09. The van der Waals surface area contributed by atoms with Gasteiger partial charge >= 0.3 is 0 Å². The summed E-state index contributed by atoms with van der Waals surface area (Å²) in [4.78, 5) is 0. The molecule has 0 spiro atoms. The maximum atomic E-state index is 5.91. The first kappa shape index (κ1) is 13.2. The third-order valence-electron chi connectivity index (χ3n) is 2.36. The van der Waals surface area contributed by atoms with E-state index in [0.29, 0.717) is 0 Å². The van der Waals surface area contributed by atoms with Gasteiger partial charge in [-0.15, -0.1) is 0 Å². The fourth-order valence-electron chi connectivity index (χ4n) is 1.46.